The van der Waals surface area contributed by atoms with Crippen LogP contribution >= 0.6 is 0 Å². The van der Waals surface area contributed by atoms with Gasteiger partial charge in [0.1, 0.15) is 11.9 Å². The predicted octanol–water partition coefficient (Wildman–Crippen LogP) is 2.19. The van der Waals surface area contributed by atoms with E-state index in [1.165, 1.54) is 29.2 Å². The van der Waals surface area contributed by atoms with Crippen LogP contribution in [0.15, 0.2) is 24.3 Å². The van der Waals surface area contributed by atoms with E-state index in [1.807, 2.05) is 0 Å². The van der Waals surface area contributed by atoms with E-state index in [1.54, 1.807) is 0 Å². The molecule has 1 aliphatic heterocycles. The molecule has 1 heterocycles. The summed E-state index contributed by atoms with van der Waals surface area (Å²) >= 11 is 0. The van der Waals surface area contributed by atoms with Gasteiger partial charge in [-0.25, -0.2) is 9.18 Å². The van der Waals surface area contributed by atoms with Gasteiger partial charge >= 0.3 is 5.97 Å². The highest BCUT2D eigenvalue weighted by atomic mass is 19.1. The standard InChI is InChI=1S/C19H23FN2O4/c20-14-7-5-12(6-8-14)18(24)21-10-9-17(23)22-15-4-2-1-3-13(15)11-16(22)19(25)26/h5-8,13,15-16H,1-4,9-11H2,(H,21,24)(H,25,26). The Labute approximate surface area is 151 Å². The largest absolute Gasteiger partial charge is 0.480 e. The molecule has 0 bridgehead atoms. The van der Waals surface area contributed by atoms with Crippen LogP contribution in [0.4, 0.5) is 4.39 Å². The number of nitrogens with one attached hydrogen (secondary N) is 1. The summed E-state index contributed by atoms with van der Waals surface area (Å²) in [5.74, 6) is -1.73. The Morgan fingerprint density at radius 1 is 1.15 bits per heavy atom. The molecule has 3 atom stereocenters. The molecule has 3 unspecified atom stereocenters. The summed E-state index contributed by atoms with van der Waals surface area (Å²) in [6.45, 7) is 0.120. The maximum absolute atomic E-state index is 12.9. The fourth-order valence-corrected chi connectivity index (χ4v) is 4.15. The van der Waals surface area contributed by atoms with E-state index < -0.39 is 17.8 Å². The van der Waals surface area contributed by atoms with Crippen molar-refractivity contribution in [2.75, 3.05) is 6.54 Å². The average Bonchev–Trinajstić information content (AvgIpc) is 3.02. The van der Waals surface area contributed by atoms with E-state index >= 15 is 0 Å². The molecule has 26 heavy (non-hydrogen) atoms. The Balaban J connectivity index is 1.57. The average molecular weight is 362 g/mol. The van der Waals surface area contributed by atoms with Crippen molar-refractivity contribution in [2.45, 2.75) is 50.6 Å². The Hall–Kier alpha value is -2.44. The van der Waals surface area contributed by atoms with E-state index in [0.29, 0.717) is 12.0 Å². The Morgan fingerprint density at radius 2 is 1.85 bits per heavy atom. The lowest BCUT2D eigenvalue weighted by atomic mass is 9.84. The molecular formula is C19H23FN2O4. The topological polar surface area (TPSA) is 86.7 Å². The number of carbonyl (C=O) groups excluding carboxylic acids is 2. The molecule has 1 aliphatic carbocycles. The van der Waals surface area contributed by atoms with Crippen LogP contribution in [0.1, 0.15) is 48.9 Å². The van der Waals surface area contributed by atoms with Gasteiger partial charge in [0, 0.05) is 24.6 Å². The molecule has 3 rings (SSSR count). The lowest BCUT2D eigenvalue weighted by molar-refractivity contribution is -0.149. The van der Waals surface area contributed by atoms with Crippen molar-refractivity contribution in [1.29, 1.82) is 0 Å². The number of fused-ring (bicyclic) bond motifs is 1. The quantitative estimate of drug-likeness (QED) is 0.841. The van der Waals surface area contributed by atoms with E-state index in [4.69, 9.17) is 0 Å². The highest BCUT2D eigenvalue weighted by molar-refractivity contribution is 5.94. The molecule has 0 spiro atoms. The summed E-state index contributed by atoms with van der Waals surface area (Å²) < 4.78 is 12.9. The number of halogens is 1. The van der Waals surface area contributed by atoms with Crippen LogP contribution in [-0.2, 0) is 9.59 Å². The van der Waals surface area contributed by atoms with Gasteiger partial charge in [0.05, 0.1) is 0 Å². The fraction of sp³-hybridized carbons (Fsp3) is 0.526. The second kappa shape index (κ2) is 7.85. The minimum Gasteiger partial charge on any atom is -0.480 e. The SMILES string of the molecule is O=C(NCCC(=O)N1C(C(=O)O)CC2CCCCC21)c1ccc(F)cc1. The number of hydrogen-bond acceptors (Lipinski definition) is 3. The van der Waals surface area contributed by atoms with Gasteiger partial charge in [0.25, 0.3) is 5.91 Å². The van der Waals surface area contributed by atoms with E-state index in [-0.39, 0.29) is 36.7 Å². The van der Waals surface area contributed by atoms with Crippen LogP contribution in [0, 0.1) is 11.7 Å². The van der Waals surface area contributed by atoms with E-state index in [2.05, 4.69) is 5.32 Å². The number of carboxylic acid groups (broad SMARTS) is 1. The van der Waals surface area contributed by atoms with Gasteiger partial charge < -0.3 is 15.3 Å². The number of aliphatic carboxylic acids is 1. The summed E-state index contributed by atoms with van der Waals surface area (Å²) in [5, 5.41) is 12.1. The van der Waals surface area contributed by atoms with Crippen molar-refractivity contribution in [3.63, 3.8) is 0 Å². The van der Waals surface area contributed by atoms with Gasteiger partial charge in [-0.15, -0.1) is 0 Å². The number of amides is 2. The van der Waals surface area contributed by atoms with Crippen LogP contribution in [0.5, 0.6) is 0 Å². The van der Waals surface area contributed by atoms with Crippen LogP contribution in [-0.4, -0.2) is 46.4 Å². The molecule has 2 fully saturated rings. The lowest BCUT2D eigenvalue weighted by Crippen LogP contribution is -2.47. The van der Waals surface area contributed by atoms with Crippen molar-refractivity contribution in [3.05, 3.63) is 35.6 Å². The van der Waals surface area contributed by atoms with Crippen molar-refractivity contribution < 1.29 is 23.9 Å². The molecule has 140 valence electrons. The van der Waals surface area contributed by atoms with Crippen LogP contribution in [0.25, 0.3) is 0 Å². The molecule has 0 aromatic heterocycles. The summed E-state index contributed by atoms with van der Waals surface area (Å²) in [7, 11) is 0. The van der Waals surface area contributed by atoms with Gasteiger partial charge in [-0.05, 0) is 49.4 Å². The molecule has 1 saturated heterocycles. The first-order chi connectivity index (χ1) is 12.5. The van der Waals surface area contributed by atoms with Crippen molar-refractivity contribution in [2.24, 2.45) is 5.92 Å². The molecule has 2 amide bonds. The number of benzene rings is 1. The first-order valence-electron chi connectivity index (χ1n) is 9.05. The van der Waals surface area contributed by atoms with Crippen molar-refractivity contribution >= 4 is 17.8 Å². The van der Waals surface area contributed by atoms with E-state index in [0.717, 1.165) is 25.7 Å². The predicted molar refractivity (Wildman–Crippen MR) is 92.0 cm³/mol. The molecule has 7 heteroatoms. The summed E-state index contributed by atoms with van der Waals surface area (Å²) in [6, 6.07) is 4.39. The molecule has 1 aromatic rings. The Bertz CT molecular complexity index is 691. The first kappa shape index (κ1) is 18.4. The van der Waals surface area contributed by atoms with Gasteiger partial charge in [-0.1, -0.05) is 12.8 Å². The third kappa shape index (κ3) is 3.86. The van der Waals surface area contributed by atoms with Gasteiger partial charge in [0.15, 0.2) is 0 Å². The number of carbonyl (C=O) groups is 3. The van der Waals surface area contributed by atoms with Crippen LogP contribution < -0.4 is 5.32 Å². The zero-order chi connectivity index (χ0) is 18.7. The fourth-order valence-electron chi connectivity index (χ4n) is 4.15. The molecule has 1 aromatic carbocycles. The summed E-state index contributed by atoms with van der Waals surface area (Å²) in [4.78, 5) is 37.7. The van der Waals surface area contributed by atoms with E-state index in [9.17, 15) is 23.9 Å². The minimum absolute atomic E-state index is 0.00477. The summed E-state index contributed by atoms with van der Waals surface area (Å²) in [5.41, 5.74) is 0.316. The molecule has 6 nitrogen and oxygen atoms in total. The Morgan fingerprint density at radius 3 is 2.54 bits per heavy atom. The smallest absolute Gasteiger partial charge is 0.326 e. The van der Waals surface area contributed by atoms with Crippen LogP contribution in [0.2, 0.25) is 0 Å². The summed E-state index contributed by atoms with van der Waals surface area (Å²) in [6.07, 6.45) is 4.50. The van der Waals surface area contributed by atoms with Gasteiger partial charge in [-0.3, -0.25) is 9.59 Å². The third-order valence-electron chi connectivity index (χ3n) is 5.39. The maximum Gasteiger partial charge on any atom is 0.326 e. The van der Waals surface area contributed by atoms with Crippen molar-refractivity contribution in [1.82, 2.24) is 10.2 Å². The zero-order valence-electron chi connectivity index (χ0n) is 14.5. The number of carboxylic acids is 1. The Kier molecular flexibility index (Phi) is 5.54. The number of nitrogens with zero attached hydrogens (tertiary/aromatic N) is 1. The second-order valence-corrected chi connectivity index (χ2v) is 7.02. The highest BCUT2D eigenvalue weighted by Crippen LogP contribution is 2.40. The van der Waals surface area contributed by atoms with Crippen LogP contribution in [0.3, 0.4) is 0 Å². The highest BCUT2D eigenvalue weighted by Gasteiger charge is 2.47. The molecule has 0 radical (unpaired) electrons. The first-order valence-corrected chi connectivity index (χ1v) is 9.05. The number of hydrogen-bond donors (Lipinski definition) is 2. The number of rotatable bonds is 5. The molecular weight excluding hydrogens is 339 g/mol. The molecule has 2 N–H and O–H groups in total. The van der Waals surface area contributed by atoms with Gasteiger partial charge in [-0.2, -0.15) is 0 Å². The lowest BCUT2D eigenvalue weighted by Gasteiger charge is -2.33. The van der Waals surface area contributed by atoms with Gasteiger partial charge in [0.2, 0.25) is 5.91 Å². The minimum atomic E-state index is -0.955. The maximum atomic E-state index is 12.9. The third-order valence-corrected chi connectivity index (χ3v) is 5.39. The second-order valence-electron chi connectivity index (χ2n) is 7.02. The monoisotopic (exact) mass is 362 g/mol. The normalized spacial score (nSPS) is 24.8. The molecule has 1 saturated carbocycles. The zero-order valence-corrected chi connectivity index (χ0v) is 14.5. The number of likely N-dealkylation sites (tertiary alicyclic amines) is 1. The molecule has 2 aliphatic rings. The van der Waals surface area contributed by atoms with Crippen molar-refractivity contribution in [3.8, 4) is 0 Å².